The van der Waals surface area contributed by atoms with Gasteiger partial charge in [0.05, 0.1) is 10.9 Å². The van der Waals surface area contributed by atoms with E-state index < -0.39 is 0 Å². The first-order valence-corrected chi connectivity index (χ1v) is 8.23. The summed E-state index contributed by atoms with van der Waals surface area (Å²) in [5.41, 5.74) is 0.933. The number of rotatable bonds is 3. The lowest BCUT2D eigenvalue weighted by Crippen LogP contribution is -2.25. The van der Waals surface area contributed by atoms with E-state index in [9.17, 15) is 4.79 Å². The molecule has 0 spiro atoms. The zero-order chi connectivity index (χ0) is 14.9. The lowest BCUT2D eigenvalue weighted by Gasteiger charge is -2.24. The lowest BCUT2D eigenvalue weighted by molar-refractivity contribution is -0.117. The molecular weight excluding hydrogens is 278 g/mol. The molecule has 1 aliphatic heterocycles. The molecule has 2 aromatic heterocycles. The van der Waals surface area contributed by atoms with Crippen LogP contribution in [0.25, 0.3) is 10.9 Å². The van der Waals surface area contributed by atoms with Crippen LogP contribution in [0.15, 0.2) is 12.3 Å². The molecule has 1 aliphatic carbocycles. The normalized spacial score (nSPS) is 20.0. The Hall–Kier alpha value is -2.11. The van der Waals surface area contributed by atoms with Gasteiger partial charge in [0.1, 0.15) is 5.82 Å². The molecule has 1 amide bonds. The fraction of sp³-hybridized carbons (Fsp3) is 0.562. The van der Waals surface area contributed by atoms with E-state index in [0.29, 0.717) is 12.5 Å². The first-order valence-electron chi connectivity index (χ1n) is 8.23. The molecule has 2 N–H and O–H groups in total. The number of pyridine rings is 1. The first-order chi connectivity index (χ1) is 10.8. The number of nitrogens with zero attached hydrogens (tertiary/aromatic N) is 3. The Bertz CT molecular complexity index is 689. The zero-order valence-electron chi connectivity index (χ0n) is 12.6. The van der Waals surface area contributed by atoms with Crippen molar-refractivity contribution in [3.05, 3.63) is 12.3 Å². The molecule has 116 valence electrons. The van der Waals surface area contributed by atoms with Crippen LogP contribution in [0.3, 0.4) is 0 Å². The van der Waals surface area contributed by atoms with Gasteiger partial charge in [-0.25, -0.2) is 4.98 Å². The van der Waals surface area contributed by atoms with Gasteiger partial charge in [-0.1, -0.05) is 19.3 Å². The molecule has 6 heteroatoms. The maximum atomic E-state index is 12.0. The number of hydrogen-bond acceptors (Lipinski definition) is 4. The van der Waals surface area contributed by atoms with Crippen molar-refractivity contribution in [2.45, 2.75) is 51.0 Å². The molecular formula is C16H21N5O. The third kappa shape index (κ3) is 2.32. The second-order valence-electron chi connectivity index (χ2n) is 6.26. The quantitative estimate of drug-likeness (QED) is 0.914. The summed E-state index contributed by atoms with van der Waals surface area (Å²) in [5.74, 6) is 1.73. The highest BCUT2D eigenvalue weighted by Crippen LogP contribution is 2.33. The van der Waals surface area contributed by atoms with Crippen molar-refractivity contribution in [3.63, 3.8) is 0 Å². The number of fused-ring (bicyclic) bond motifs is 1. The van der Waals surface area contributed by atoms with Gasteiger partial charge in [0, 0.05) is 25.2 Å². The molecule has 0 atom stereocenters. The van der Waals surface area contributed by atoms with Gasteiger partial charge in [-0.2, -0.15) is 5.10 Å². The van der Waals surface area contributed by atoms with Crippen LogP contribution in [0.1, 0.15) is 44.9 Å². The minimum atomic E-state index is 0.154. The molecule has 2 fully saturated rings. The molecule has 6 nitrogen and oxygen atoms in total. The van der Waals surface area contributed by atoms with Crippen molar-refractivity contribution in [2.75, 3.05) is 16.8 Å². The van der Waals surface area contributed by atoms with E-state index in [1.807, 2.05) is 6.07 Å². The molecule has 2 aromatic rings. The average Bonchev–Trinajstić information content (AvgIpc) is 3.15. The van der Waals surface area contributed by atoms with Gasteiger partial charge in [0.25, 0.3) is 0 Å². The maximum absolute atomic E-state index is 12.0. The highest BCUT2D eigenvalue weighted by Gasteiger charge is 2.27. The van der Waals surface area contributed by atoms with Gasteiger partial charge >= 0.3 is 0 Å². The minimum absolute atomic E-state index is 0.154. The molecule has 0 radical (unpaired) electrons. The third-order valence-corrected chi connectivity index (χ3v) is 4.73. The second kappa shape index (κ2) is 5.59. The predicted molar refractivity (Wildman–Crippen MR) is 86.0 cm³/mol. The van der Waals surface area contributed by atoms with Crippen molar-refractivity contribution >= 4 is 28.4 Å². The van der Waals surface area contributed by atoms with E-state index in [-0.39, 0.29) is 5.91 Å². The average molecular weight is 299 g/mol. The summed E-state index contributed by atoms with van der Waals surface area (Å²) < 4.78 is 0. The molecule has 0 bridgehead atoms. The van der Waals surface area contributed by atoms with Gasteiger partial charge in [-0.15, -0.1) is 0 Å². The summed E-state index contributed by atoms with van der Waals surface area (Å²) in [6.07, 6.45) is 9.56. The van der Waals surface area contributed by atoms with Crippen LogP contribution >= 0.6 is 0 Å². The van der Waals surface area contributed by atoms with Gasteiger partial charge in [0.2, 0.25) is 5.91 Å². The number of aromatic nitrogens is 3. The third-order valence-electron chi connectivity index (χ3n) is 4.73. The van der Waals surface area contributed by atoms with Crippen LogP contribution in [0.2, 0.25) is 0 Å². The van der Waals surface area contributed by atoms with Crippen molar-refractivity contribution < 1.29 is 4.79 Å². The predicted octanol–water partition coefficient (Wildman–Crippen LogP) is 2.83. The SMILES string of the molecule is O=C1CCCN1c1n[nH]c2ccnc(NC3CCCCC3)c12. The number of nitrogens with one attached hydrogen (secondary N) is 2. The number of carbonyl (C=O) groups excluding carboxylic acids is 1. The molecule has 0 aromatic carbocycles. The summed E-state index contributed by atoms with van der Waals surface area (Å²) in [6, 6.07) is 2.39. The Morgan fingerprint density at radius 1 is 1.23 bits per heavy atom. The lowest BCUT2D eigenvalue weighted by atomic mass is 9.95. The molecule has 2 aliphatic rings. The van der Waals surface area contributed by atoms with Crippen molar-refractivity contribution in [2.24, 2.45) is 0 Å². The van der Waals surface area contributed by atoms with Gasteiger partial charge < -0.3 is 5.32 Å². The van der Waals surface area contributed by atoms with Crippen LogP contribution in [0, 0.1) is 0 Å². The standard InChI is InChI=1S/C16H21N5O/c22-13-7-4-10-21(13)16-14-12(19-20-16)8-9-17-15(14)18-11-5-2-1-3-6-11/h8-9,11H,1-7,10H2,(H,17,18)(H,19,20). The molecule has 3 heterocycles. The van der Waals surface area contributed by atoms with E-state index >= 15 is 0 Å². The van der Waals surface area contributed by atoms with E-state index in [1.165, 1.54) is 32.1 Å². The number of H-pyrrole nitrogens is 1. The maximum Gasteiger partial charge on any atom is 0.228 e. The number of amides is 1. The molecule has 0 unspecified atom stereocenters. The van der Waals surface area contributed by atoms with Crippen LogP contribution in [-0.4, -0.2) is 33.7 Å². The summed E-state index contributed by atoms with van der Waals surface area (Å²) in [7, 11) is 0. The van der Waals surface area contributed by atoms with Crippen LogP contribution < -0.4 is 10.2 Å². The monoisotopic (exact) mass is 299 g/mol. The first kappa shape index (κ1) is 13.5. The van der Waals surface area contributed by atoms with Crippen LogP contribution in [0.4, 0.5) is 11.6 Å². The van der Waals surface area contributed by atoms with E-state index in [2.05, 4.69) is 20.5 Å². The van der Waals surface area contributed by atoms with Gasteiger partial charge in [-0.3, -0.25) is 14.8 Å². The Morgan fingerprint density at radius 3 is 2.86 bits per heavy atom. The Morgan fingerprint density at radius 2 is 2.09 bits per heavy atom. The van der Waals surface area contributed by atoms with E-state index in [1.54, 1.807) is 11.1 Å². The zero-order valence-corrected chi connectivity index (χ0v) is 12.6. The van der Waals surface area contributed by atoms with E-state index in [0.717, 1.165) is 35.5 Å². The van der Waals surface area contributed by atoms with Crippen molar-refractivity contribution in [1.29, 1.82) is 0 Å². The second-order valence-corrected chi connectivity index (χ2v) is 6.26. The molecule has 1 saturated heterocycles. The van der Waals surface area contributed by atoms with Gasteiger partial charge in [0.15, 0.2) is 5.82 Å². The number of carbonyl (C=O) groups is 1. The molecule has 1 saturated carbocycles. The van der Waals surface area contributed by atoms with Crippen molar-refractivity contribution in [3.8, 4) is 0 Å². The Labute approximate surface area is 129 Å². The fourth-order valence-electron chi connectivity index (χ4n) is 3.57. The number of anilines is 2. The summed E-state index contributed by atoms with van der Waals surface area (Å²) >= 11 is 0. The van der Waals surface area contributed by atoms with Crippen molar-refractivity contribution in [1.82, 2.24) is 15.2 Å². The highest BCUT2D eigenvalue weighted by molar-refractivity contribution is 6.06. The summed E-state index contributed by atoms with van der Waals surface area (Å²) in [4.78, 5) is 18.4. The van der Waals surface area contributed by atoms with E-state index in [4.69, 9.17) is 0 Å². The smallest absolute Gasteiger partial charge is 0.228 e. The van der Waals surface area contributed by atoms with Crippen LogP contribution in [-0.2, 0) is 4.79 Å². The molecule has 4 rings (SSSR count). The highest BCUT2D eigenvalue weighted by atomic mass is 16.2. The van der Waals surface area contributed by atoms with Gasteiger partial charge in [-0.05, 0) is 25.3 Å². The fourth-order valence-corrected chi connectivity index (χ4v) is 3.57. The Kier molecular flexibility index (Phi) is 3.44. The topological polar surface area (TPSA) is 73.9 Å². The number of aromatic amines is 1. The molecule has 22 heavy (non-hydrogen) atoms. The summed E-state index contributed by atoms with van der Waals surface area (Å²) in [5, 5.41) is 11.9. The number of hydrogen-bond donors (Lipinski definition) is 2. The Balaban J connectivity index is 1.71. The summed E-state index contributed by atoms with van der Waals surface area (Å²) in [6.45, 7) is 0.747. The van der Waals surface area contributed by atoms with Crippen LogP contribution in [0.5, 0.6) is 0 Å². The largest absolute Gasteiger partial charge is 0.367 e. The minimum Gasteiger partial charge on any atom is -0.367 e.